The van der Waals surface area contributed by atoms with Gasteiger partial charge in [0.05, 0.1) is 67.9 Å². The third-order valence-electron chi connectivity index (χ3n) is 21.7. The molecule has 3 aromatic heterocycles. The quantitative estimate of drug-likeness (QED) is 0.0319. The van der Waals surface area contributed by atoms with Gasteiger partial charge in [-0.25, -0.2) is 71.1 Å². The standard InChI is InChI=1S/C87H87Cl6F6N6O13PS3/c1-79(2,73-61(88)19-16-20-62(73)89)76-100-70(82(7,8)106)43-103(76)55-31-25-49(26-32-55)52-37-67(120(13,110)111)58(85(94,95)40-52)46-116-119(109,117-47-59-68(121(14,112)113)38-53(41-86(59,96)97)50-27-33-56(34-28-50)104-44-71(83(9,10)107)101-77(104)80(3,4)74-63(90)21-17-22-64(74)91)118-48-60-69(122(15,114)115)39-54(42-87(60,98)99)51-29-35-57(36-30-51)105-45-72(84(11,12)108)102-78(105)81(5,6)75-65(92)23-18-24-66(75)93/h16-39,43-45,106-108H,40-42,46-48H2,1-15H3. The van der Waals surface area contributed by atoms with Gasteiger partial charge in [0.15, 0.2) is 29.5 Å². The number of imidazole rings is 3. The topological polar surface area (TPSA) is 261 Å². The highest BCUT2D eigenvalue weighted by atomic mass is 35.5. The van der Waals surface area contributed by atoms with E-state index in [2.05, 4.69) is 0 Å². The molecular weight excluding hydrogens is 1790 g/mol. The molecule has 3 aliphatic carbocycles. The smallest absolute Gasteiger partial charge is 0.384 e. The number of rotatable bonds is 27. The van der Waals surface area contributed by atoms with Crippen LogP contribution in [0, 0.1) is 0 Å². The number of phosphoric acid groups is 1. The van der Waals surface area contributed by atoms with Gasteiger partial charge < -0.3 is 29.0 Å². The number of nitrogens with zero attached hydrogens (tertiary/aromatic N) is 6. The minimum atomic E-state index is -6.16. The molecule has 0 amide bonds. The van der Waals surface area contributed by atoms with Crippen molar-refractivity contribution in [2.24, 2.45) is 0 Å². The number of sulfone groups is 3. The van der Waals surface area contributed by atoms with E-state index in [1.165, 1.54) is 114 Å². The minimum absolute atomic E-state index is 0.0516. The molecule has 3 heterocycles. The number of hydrogen-bond donors (Lipinski definition) is 3. The van der Waals surface area contributed by atoms with Crippen molar-refractivity contribution in [2.75, 3.05) is 38.6 Å². The number of alkyl halides is 6. The molecule has 0 unspecified atom stereocenters. The molecule has 0 radical (unpaired) electrons. The molecule has 3 N–H and O–H groups in total. The van der Waals surface area contributed by atoms with E-state index in [0.29, 0.717) is 100 Å². The van der Waals surface area contributed by atoms with E-state index in [1.54, 1.807) is 128 Å². The Labute approximate surface area is 734 Å². The summed E-state index contributed by atoms with van der Waals surface area (Å²) in [5, 5.41) is 35.4. The fourth-order valence-electron chi connectivity index (χ4n) is 15.2. The van der Waals surface area contributed by atoms with E-state index in [4.69, 9.17) is 98.1 Å². The lowest BCUT2D eigenvalue weighted by molar-refractivity contribution is 0.0203. The molecule has 0 spiro atoms. The Hall–Kier alpha value is -7.45. The first-order chi connectivity index (χ1) is 56.1. The highest BCUT2D eigenvalue weighted by Crippen LogP contribution is 2.57. The molecule has 0 atom stereocenters. The van der Waals surface area contributed by atoms with Gasteiger partial charge in [0.25, 0.3) is 17.8 Å². The van der Waals surface area contributed by atoms with Crippen molar-refractivity contribution in [2.45, 2.75) is 153 Å². The van der Waals surface area contributed by atoms with Crippen LogP contribution in [0.1, 0.15) is 170 Å². The fourth-order valence-corrected chi connectivity index (χ4v) is 21.9. The summed E-state index contributed by atoms with van der Waals surface area (Å²) < 4.78 is 226. The maximum atomic E-state index is 17.4. The monoisotopic (exact) mass is 1870 g/mol. The molecule has 0 saturated heterocycles. The fraction of sp³-hybridized carbons (Fsp3) is 0.345. The van der Waals surface area contributed by atoms with Gasteiger partial charge in [-0.05, 0) is 208 Å². The number of aromatic nitrogens is 6. The summed E-state index contributed by atoms with van der Waals surface area (Å²) in [4.78, 5) is 11.1. The zero-order valence-corrected chi connectivity index (χ0v) is 76.5. The Bertz CT molecular complexity index is 5670. The number of benzene rings is 6. The maximum absolute atomic E-state index is 17.4. The minimum Gasteiger partial charge on any atom is -0.384 e. The third kappa shape index (κ3) is 19.0. The highest BCUT2D eigenvalue weighted by Gasteiger charge is 2.50. The van der Waals surface area contributed by atoms with Crippen LogP contribution in [0.15, 0.2) is 196 Å². The van der Waals surface area contributed by atoms with E-state index >= 15 is 30.9 Å². The van der Waals surface area contributed by atoms with Gasteiger partial charge in [-0.15, -0.1) is 0 Å². The Morgan fingerprint density at radius 3 is 0.770 bits per heavy atom. The summed E-state index contributed by atoms with van der Waals surface area (Å²) in [7, 11) is -20.7. The molecule has 6 aromatic carbocycles. The lowest BCUT2D eigenvalue weighted by Crippen LogP contribution is -2.31. The molecule has 0 aliphatic heterocycles. The van der Waals surface area contributed by atoms with Crippen molar-refractivity contribution in [3.63, 3.8) is 0 Å². The van der Waals surface area contributed by atoms with Crippen LogP contribution in [0.4, 0.5) is 26.3 Å². The molecule has 0 saturated carbocycles. The largest absolute Gasteiger partial charge is 0.475 e. The lowest BCUT2D eigenvalue weighted by atomic mass is 9.83. The summed E-state index contributed by atoms with van der Waals surface area (Å²) in [6, 6.07) is 32.4. The second-order valence-electron chi connectivity index (χ2n) is 33.7. The number of allylic oxidation sites excluding steroid dienone is 6. The first kappa shape index (κ1) is 93.7. The molecular formula is C87H87Cl6F6N6O13PS3. The van der Waals surface area contributed by atoms with Crippen LogP contribution >= 0.6 is 77.4 Å². The van der Waals surface area contributed by atoms with Crippen LogP contribution in [0.2, 0.25) is 30.1 Å². The van der Waals surface area contributed by atoms with Crippen molar-refractivity contribution in [1.82, 2.24) is 28.7 Å². The number of hydrogen-bond acceptors (Lipinski definition) is 16. The predicted molar refractivity (Wildman–Crippen MR) is 466 cm³/mol. The number of phosphoric ester groups is 1. The van der Waals surface area contributed by atoms with Crippen LogP contribution in [-0.2, 0) is 80.7 Å². The highest BCUT2D eigenvalue weighted by molar-refractivity contribution is 7.95. The van der Waals surface area contributed by atoms with Crippen molar-refractivity contribution in [3.05, 3.63) is 294 Å². The Morgan fingerprint density at radius 2 is 0.582 bits per heavy atom. The number of halogens is 12. The van der Waals surface area contributed by atoms with Crippen LogP contribution in [0.5, 0.6) is 0 Å². The zero-order chi connectivity index (χ0) is 90.1. The normalized spacial score (nSPS) is 16.7. The van der Waals surface area contributed by atoms with Gasteiger partial charge in [0, 0.05) is 137 Å². The van der Waals surface area contributed by atoms with Gasteiger partial charge in [-0.3, -0.25) is 13.6 Å². The second kappa shape index (κ2) is 33.1. The molecule has 0 fully saturated rings. The Balaban J connectivity index is 0.923. The van der Waals surface area contributed by atoms with Crippen molar-refractivity contribution >= 4 is 124 Å². The van der Waals surface area contributed by atoms with Gasteiger partial charge in [0.2, 0.25) is 0 Å². The van der Waals surface area contributed by atoms with Gasteiger partial charge >= 0.3 is 7.82 Å². The predicted octanol–water partition coefficient (Wildman–Crippen LogP) is 21.5. The van der Waals surface area contributed by atoms with Crippen LogP contribution in [0.25, 0.3) is 33.8 Å². The third-order valence-corrected chi connectivity index (χ3v) is 28.4. The van der Waals surface area contributed by atoms with Gasteiger partial charge in [-0.1, -0.05) is 124 Å². The first-order valence-corrected chi connectivity index (χ1v) is 47.2. The molecule has 0 bridgehead atoms. The first-order valence-electron chi connectivity index (χ1n) is 37.8. The summed E-state index contributed by atoms with van der Waals surface area (Å²) in [6.07, 6.45) is 5.17. The van der Waals surface area contributed by atoms with E-state index in [0.717, 1.165) is 18.2 Å². The Kier molecular flexibility index (Phi) is 25.4. The van der Waals surface area contributed by atoms with Crippen molar-refractivity contribution in [3.8, 4) is 17.1 Å². The zero-order valence-electron chi connectivity index (χ0n) is 68.6. The maximum Gasteiger partial charge on any atom is 0.475 e. The van der Waals surface area contributed by atoms with E-state index in [1.807, 2.05) is 0 Å². The molecule has 3 aliphatic rings. The molecule has 19 nitrogen and oxygen atoms in total. The molecule has 35 heteroatoms. The summed E-state index contributed by atoms with van der Waals surface area (Å²) in [5.41, 5.74) is -9.29. The summed E-state index contributed by atoms with van der Waals surface area (Å²) in [5.74, 6) is -11.9. The van der Waals surface area contributed by atoms with Crippen molar-refractivity contribution in [1.29, 1.82) is 0 Å². The average Bonchev–Trinajstić information content (AvgIpc) is 1.59. The van der Waals surface area contributed by atoms with Crippen LogP contribution in [-0.4, -0.2) is 126 Å². The lowest BCUT2D eigenvalue weighted by Gasteiger charge is -2.31. The van der Waals surface area contributed by atoms with E-state index in [-0.39, 0.29) is 50.5 Å². The summed E-state index contributed by atoms with van der Waals surface area (Å²) >= 11 is 40.4. The van der Waals surface area contributed by atoms with Crippen LogP contribution in [0.3, 0.4) is 0 Å². The number of aliphatic hydroxyl groups is 3. The van der Waals surface area contributed by atoms with E-state index in [9.17, 15) is 40.6 Å². The van der Waals surface area contributed by atoms with Crippen molar-refractivity contribution < 1.29 is 85.1 Å². The van der Waals surface area contributed by atoms with Gasteiger partial charge in [-0.2, -0.15) is 0 Å². The van der Waals surface area contributed by atoms with Crippen LogP contribution < -0.4 is 0 Å². The second-order valence-corrected chi connectivity index (χ2v) is 43.8. The molecule has 122 heavy (non-hydrogen) atoms. The molecule has 9 aromatic rings. The summed E-state index contributed by atoms with van der Waals surface area (Å²) in [6.45, 7) is 14.6. The van der Waals surface area contributed by atoms with Gasteiger partial charge in [0.1, 0.15) is 34.3 Å². The van der Waals surface area contributed by atoms with E-state index < -0.39 is 159 Å². The average molecular weight is 1880 g/mol. The molecule has 12 rings (SSSR count). The SMILES string of the molecule is CC(C)(O)c1cn(-c2ccc(C3=CC(S(C)(=O)=O)=C(COP(=O)(OCC4=C(S(C)(=O)=O)C=C(c5ccc(-n6cc(C(C)(C)O)nc6C(C)(C)c6c(Cl)cccc6Cl)cc5)CC4(F)F)OCC4=C(S(C)(=O)=O)C=C(c5ccc(-n6cc(C(C)(C)O)nc6C(C)(C)c6c(Cl)cccc6Cl)cc5)CC4(F)F)C(F)(F)C3)cc2)c(C(C)(C)c2c(Cl)cccc2Cl)n1. The molecule has 650 valence electrons. The Morgan fingerprint density at radius 1 is 0.377 bits per heavy atom.